The van der Waals surface area contributed by atoms with E-state index in [-0.39, 0.29) is 12.0 Å². The van der Waals surface area contributed by atoms with Gasteiger partial charge in [0, 0.05) is 38.0 Å². The van der Waals surface area contributed by atoms with E-state index in [4.69, 9.17) is 4.74 Å². The topological polar surface area (TPSA) is 99.2 Å². The van der Waals surface area contributed by atoms with Crippen molar-refractivity contribution in [2.24, 2.45) is 5.92 Å². The molecule has 2 aliphatic heterocycles. The molecule has 132 valence electrons. The second-order valence-electron chi connectivity index (χ2n) is 6.96. The summed E-state index contributed by atoms with van der Waals surface area (Å²) >= 11 is 0. The van der Waals surface area contributed by atoms with Crippen LogP contribution in [0, 0.1) is 5.92 Å². The molecule has 1 unspecified atom stereocenters. The minimum Gasteiger partial charge on any atom is -0.444 e. The maximum Gasteiger partial charge on any atom is 0.410 e. The monoisotopic (exact) mass is 347 g/mol. The molecule has 9 heteroatoms. The Morgan fingerprint density at radius 2 is 1.91 bits per heavy atom. The van der Waals surface area contributed by atoms with Gasteiger partial charge in [-0.15, -0.1) is 0 Å². The van der Waals surface area contributed by atoms with Gasteiger partial charge in [0.05, 0.1) is 0 Å². The van der Waals surface area contributed by atoms with E-state index in [1.165, 1.54) is 4.90 Å². The molecule has 0 aromatic carbocycles. The van der Waals surface area contributed by atoms with E-state index in [1.807, 2.05) is 20.8 Å². The fraction of sp³-hybridized carbons (Fsp3) is 0.786. The second-order valence-corrected chi connectivity index (χ2v) is 8.43. The maximum absolute atomic E-state index is 12.0. The number of hydrogen-bond acceptors (Lipinski definition) is 6. The molecule has 0 spiro atoms. The van der Waals surface area contributed by atoms with Crippen LogP contribution in [0.1, 0.15) is 33.6 Å². The lowest BCUT2D eigenvalue weighted by Gasteiger charge is -2.35. The van der Waals surface area contributed by atoms with Crippen molar-refractivity contribution < 1.29 is 22.5 Å². The van der Waals surface area contributed by atoms with Crippen LogP contribution in [0.3, 0.4) is 0 Å². The highest BCUT2D eigenvalue weighted by atomic mass is 32.2. The first kappa shape index (κ1) is 17.9. The van der Waals surface area contributed by atoms with Crippen molar-refractivity contribution in [3.63, 3.8) is 0 Å². The lowest BCUT2D eigenvalue weighted by Crippen LogP contribution is -2.44. The number of rotatable bonds is 2. The zero-order chi connectivity index (χ0) is 17.4. The van der Waals surface area contributed by atoms with Gasteiger partial charge in [0.15, 0.2) is 0 Å². The lowest BCUT2D eigenvalue weighted by molar-refractivity contribution is 0.0188. The first-order valence-electron chi connectivity index (χ1n) is 7.62. The highest BCUT2D eigenvalue weighted by Crippen LogP contribution is 2.30. The van der Waals surface area contributed by atoms with Crippen LogP contribution >= 0.6 is 0 Å². The molecule has 0 aromatic rings. The predicted octanol–water partition coefficient (Wildman–Crippen LogP) is 1.18. The number of carbonyl (C=O) groups is 1. The quantitative estimate of drug-likeness (QED) is 0.724. The minimum atomic E-state index is -4.19. The number of ether oxygens (including phenoxy) is 1. The van der Waals surface area contributed by atoms with Crippen LogP contribution in [-0.4, -0.2) is 60.1 Å². The average Bonchev–Trinajstić information content (AvgIpc) is 2.78. The van der Waals surface area contributed by atoms with Crippen LogP contribution in [0.4, 0.5) is 4.79 Å². The van der Waals surface area contributed by atoms with Crippen LogP contribution < -0.4 is 5.32 Å². The van der Waals surface area contributed by atoms with Gasteiger partial charge in [-0.1, -0.05) is 0 Å². The number of allylic oxidation sites excluding steroid dienone is 1. The Kier molecular flexibility index (Phi) is 4.81. The van der Waals surface area contributed by atoms with E-state index in [1.54, 1.807) is 18.1 Å². The number of piperidine rings is 1. The van der Waals surface area contributed by atoms with Crippen molar-refractivity contribution in [2.45, 2.75) is 44.7 Å². The summed E-state index contributed by atoms with van der Waals surface area (Å²) in [5.41, 5.74) is -0.827. The summed E-state index contributed by atoms with van der Waals surface area (Å²) in [5, 5.41) is 2.68. The van der Waals surface area contributed by atoms with E-state index in [9.17, 15) is 17.8 Å². The van der Waals surface area contributed by atoms with Crippen LogP contribution in [0.5, 0.6) is 0 Å². The van der Waals surface area contributed by atoms with Crippen molar-refractivity contribution in [1.82, 2.24) is 15.1 Å². The van der Waals surface area contributed by atoms with E-state index >= 15 is 0 Å². The summed E-state index contributed by atoms with van der Waals surface area (Å²) in [6.07, 6.45) is 2.75. The van der Waals surface area contributed by atoms with Crippen LogP contribution in [0.15, 0.2) is 11.9 Å². The molecule has 23 heavy (non-hydrogen) atoms. The SMILES string of the molecule is CN1C(C2CCN(C(=O)OC(C)(C)C)CC2)=CNC1S(=O)(=O)O. The van der Waals surface area contributed by atoms with Gasteiger partial charge in [-0.05, 0) is 33.6 Å². The Morgan fingerprint density at radius 1 is 1.35 bits per heavy atom. The lowest BCUT2D eigenvalue weighted by atomic mass is 9.93. The van der Waals surface area contributed by atoms with Gasteiger partial charge in [0.25, 0.3) is 0 Å². The third-order valence-corrected chi connectivity index (χ3v) is 5.00. The Bertz CT molecular complexity index is 588. The molecular formula is C14H25N3O5S. The van der Waals surface area contributed by atoms with Crippen molar-refractivity contribution in [3.05, 3.63) is 11.9 Å². The minimum absolute atomic E-state index is 0.137. The third kappa shape index (κ3) is 4.29. The molecule has 8 nitrogen and oxygen atoms in total. The largest absolute Gasteiger partial charge is 0.444 e. The Hall–Kier alpha value is -1.48. The van der Waals surface area contributed by atoms with Crippen LogP contribution in [-0.2, 0) is 14.9 Å². The van der Waals surface area contributed by atoms with Crippen LogP contribution in [0.2, 0.25) is 0 Å². The fourth-order valence-electron chi connectivity index (χ4n) is 2.88. The highest BCUT2D eigenvalue weighted by Gasteiger charge is 2.37. The van der Waals surface area contributed by atoms with Gasteiger partial charge in [-0.25, -0.2) is 4.79 Å². The Balaban J connectivity index is 1.92. The Morgan fingerprint density at radius 3 is 2.35 bits per heavy atom. The second kappa shape index (κ2) is 6.20. The summed E-state index contributed by atoms with van der Waals surface area (Å²) in [6, 6.07) is 0. The van der Waals surface area contributed by atoms with Gasteiger partial charge >= 0.3 is 16.2 Å². The van der Waals surface area contributed by atoms with E-state index in [0.29, 0.717) is 13.1 Å². The zero-order valence-corrected chi connectivity index (χ0v) is 14.8. The predicted molar refractivity (Wildman–Crippen MR) is 84.8 cm³/mol. The molecule has 0 saturated carbocycles. The molecule has 1 atom stereocenters. The summed E-state index contributed by atoms with van der Waals surface area (Å²) in [4.78, 5) is 15.2. The fourth-order valence-corrected chi connectivity index (χ4v) is 3.64. The van der Waals surface area contributed by atoms with Crippen molar-refractivity contribution in [2.75, 3.05) is 20.1 Å². The van der Waals surface area contributed by atoms with Crippen LogP contribution in [0.25, 0.3) is 0 Å². The van der Waals surface area contributed by atoms with Gasteiger partial charge < -0.3 is 19.9 Å². The standard InChI is InChI=1S/C14H25N3O5S/c1-14(2,3)22-13(18)17-7-5-10(6-8-17)11-9-15-12(16(11)4)23(19,20)21/h9-10,12,15H,5-8H2,1-4H3,(H,19,20,21). The number of amides is 1. The number of hydrogen-bond donors (Lipinski definition) is 2. The van der Waals surface area contributed by atoms with E-state index in [0.717, 1.165) is 18.5 Å². The number of nitrogens with zero attached hydrogens (tertiary/aromatic N) is 2. The first-order valence-corrected chi connectivity index (χ1v) is 9.12. The van der Waals surface area contributed by atoms with Gasteiger partial charge in [-0.2, -0.15) is 8.42 Å². The van der Waals surface area contributed by atoms with Crippen molar-refractivity contribution in [1.29, 1.82) is 0 Å². The van der Waals surface area contributed by atoms with E-state index < -0.39 is 21.2 Å². The molecule has 1 saturated heterocycles. The molecule has 2 N–H and O–H groups in total. The number of carbonyl (C=O) groups excluding carboxylic acids is 1. The normalized spacial score (nSPS) is 23.5. The summed E-state index contributed by atoms with van der Waals surface area (Å²) in [5.74, 6) is 0.137. The molecular weight excluding hydrogens is 322 g/mol. The van der Waals surface area contributed by atoms with Gasteiger partial charge in [0.1, 0.15) is 5.60 Å². The third-order valence-electron chi connectivity index (χ3n) is 3.98. The molecule has 0 bridgehead atoms. The molecule has 1 fully saturated rings. The van der Waals surface area contributed by atoms with Crippen molar-refractivity contribution >= 4 is 16.2 Å². The smallest absolute Gasteiger partial charge is 0.410 e. The highest BCUT2D eigenvalue weighted by molar-refractivity contribution is 7.86. The first-order chi connectivity index (χ1) is 10.5. The molecule has 2 heterocycles. The van der Waals surface area contributed by atoms with Crippen molar-refractivity contribution in [3.8, 4) is 0 Å². The Labute approximate surface area is 137 Å². The average molecular weight is 347 g/mol. The molecule has 1 amide bonds. The molecule has 0 radical (unpaired) electrons. The van der Waals surface area contributed by atoms with Gasteiger partial charge in [-0.3, -0.25) is 4.55 Å². The molecule has 2 rings (SSSR count). The summed E-state index contributed by atoms with van der Waals surface area (Å²) in [6.45, 7) is 6.61. The molecule has 2 aliphatic rings. The van der Waals surface area contributed by atoms with Gasteiger partial charge in [0.2, 0.25) is 5.50 Å². The zero-order valence-electron chi connectivity index (χ0n) is 13.9. The van der Waals surface area contributed by atoms with E-state index in [2.05, 4.69) is 5.32 Å². The number of nitrogens with one attached hydrogen (secondary N) is 1. The molecule has 0 aromatic heterocycles. The summed E-state index contributed by atoms with van der Waals surface area (Å²) < 4.78 is 37.1. The number of likely N-dealkylation sites (tertiary alicyclic amines) is 1. The maximum atomic E-state index is 12.0. The molecule has 0 aliphatic carbocycles. The summed E-state index contributed by atoms with van der Waals surface area (Å²) in [7, 11) is -2.56.